The molecule has 4 nitrogen and oxygen atoms in total. The molecule has 1 saturated heterocycles. The lowest BCUT2D eigenvalue weighted by Gasteiger charge is -2.12. The maximum Gasteiger partial charge on any atom is 0.266 e. The van der Waals surface area contributed by atoms with Gasteiger partial charge in [0.05, 0.1) is 12.0 Å². The number of carbonyl (C=O) groups excluding carboxylic acids is 1. The summed E-state index contributed by atoms with van der Waals surface area (Å²) < 4.78 is 9.11. The topological polar surface area (TPSA) is 41.9 Å². The molecule has 27 heavy (non-hydrogen) atoms. The zero-order valence-electron chi connectivity index (χ0n) is 14.5. The number of ether oxygens (including phenoxy) is 1. The van der Waals surface area contributed by atoms with Gasteiger partial charge in [-0.15, -0.1) is 0 Å². The third kappa shape index (κ3) is 5.07. The summed E-state index contributed by atoms with van der Waals surface area (Å²) in [5, 5.41) is 0.713. The van der Waals surface area contributed by atoms with Crippen molar-refractivity contribution in [3.8, 4) is 5.75 Å². The van der Waals surface area contributed by atoms with E-state index in [0.717, 1.165) is 28.5 Å². The van der Waals surface area contributed by atoms with Crippen molar-refractivity contribution in [2.45, 2.75) is 6.61 Å². The van der Waals surface area contributed by atoms with Gasteiger partial charge in [-0.1, -0.05) is 28.1 Å². The molecule has 0 atom stereocenters. The third-order valence-electron chi connectivity index (χ3n) is 3.81. The second-order valence-corrected chi connectivity index (χ2v) is 9.96. The molecule has 0 aromatic heterocycles. The monoisotopic (exact) mass is 668 g/mol. The molecule has 0 aliphatic carbocycles. The van der Waals surface area contributed by atoms with E-state index in [-0.39, 0.29) is 5.91 Å². The number of carbonyl (C=O) groups is 1. The molecule has 2 aromatic rings. The van der Waals surface area contributed by atoms with Crippen LogP contribution >= 0.6 is 72.9 Å². The number of hydrogen-bond acceptors (Lipinski definition) is 4. The smallest absolute Gasteiger partial charge is 0.266 e. The fourth-order valence-corrected chi connectivity index (χ4v) is 5.76. The van der Waals surface area contributed by atoms with E-state index in [9.17, 15) is 4.79 Å². The molecule has 0 bridgehead atoms. The second-order valence-electron chi connectivity index (χ2n) is 5.71. The number of amidine groups is 1. The van der Waals surface area contributed by atoms with Gasteiger partial charge in [-0.05, 0) is 98.4 Å². The van der Waals surface area contributed by atoms with Crippen LogP contribution in [0.4, 0.5) is 0 Å². The largest absolute Gasteiger partial charge is 0.487 e. The Kier molecular flexibility index (Phi) is 7.25. The third-order valence-corrected chi connectivity index (χ3v) is 7.09. The van der Waals surface area contributed by atoms with Gasteiger partial charge in [0, 0.05) is 18.6 Å². The molecule has 3 rings (SSSR count). The lowest BCUT2D eigenvalue weighted by atomic mass is 10.2. The van der Waals surface area contributed by atoms with E-state index >= 15 is 0 Å². The van der Waals surface area contributed by atoms with Crippen LogP contribution in [-0.4, -0.2) is 30.1 Å². The Morgan fingerprint density at radius 1 is 1.22 bits per heavy atom. The number of halogens is 3. The number of nitrogens with zero attached hydrogens (tertiary/aromatic N) is 2. The SMILES string of the molecule is CN=C1S/C(=C/c2cc(I)c(OCc3ccc(Br)cc3)c(I)c2)C(=O)N1C. The minimum atomic E-state index is -0.0267. The number of likely N-dealkylation sites (N-methyl/N-ethyl adjacent to an activating group) is 1. The van der Waals surface area contributed by atoms with Gasteiger partial charge in [-0.3, -0.25) is 14.7 Å². The van der Waals surface area contributed by atoms with Gasteiger partial charge in [-0.2, -0.15) is 0 Å². The van der Waals surface area contributed by atoms with Gasteiger partial charge in [-0.25, -0.2) is 0 Å². The van der Waals surface area contributed by atoms with Crippen LogP contribution in [0.5, 0.6) is 5.75 Å². The average Bonchev–Trinajstić information content (AvgIpc) is 2.90. The molecule has 8 heteroatoms. The highest BCUT2D eigenvalue weighted by Gasteiger charge is 2.29. The van der Waals surface area contributed by atoms with Crippen molar-refractivity contribution >= 4 is 90.0 Å². The minimum Gasteiger partial charge on any atom is -0.487 e. The average molecular weight is 669 g/mol. The molecule has 0 saturated carbocycles. The molecular weight excluding hydrogens is 654 g/mol. The van der Waals surface area contributed by atoms with Crippen LogP contribution in [0.3, 0.4) is 0 Å². The molecule has 0 spiro atoms. The standard InChI is InChI=1S/C19H15BrI2N2O2S/c1-23-19-24(2)18(25)16(27-19)9-12-7-14(21)17(15(22)8-12)26-10-11-3-5-13(20)6-4-11/h3-9H,10H2,1-2H3/b16-9+,23-19?. The van der Waals surface area contributed by atoms with Crippen molar-refractivity contribution in [3.63, 3.8) is 0 Å². The molecule has 140 valence electrons. The van der Waals surface area contributed by atoms with Gasteiger partial charge in [0.2, 0.25) is 0 Å². The summed E-state index contributed by atoms with van der Waals surface area (Å²) in [5.74, 6) is 0.834. The molecule has 0 N–H and O–H groups in total. The quantitative estimate of drug-likeness (QED) is 0.307. The number of aliphatic imine (C=N–C) groups is 1. The molecule has 1 aliphatic heterocycles. The predicted octanol–water partition coefficient (Wildman–Crippen LogP) is 5.77. The van der Waals surface area contributed by atoms with Crippen LogP contribution in [-0.2, 0) is 11.4 Å². The molecule has 1 amide bonds. The predicted molar refractivity (Wildman–Crippen MR) is 132 cm³/mol. The Morgan fingerprint density at radius 3 is 2.41 bits per heavy atom. The van der Waals surface area contributed by atoms with Crippen LogP contribution in [0.15, 0.2) is 50.8 Å². The first-order valence-electron chi connectivity index (χ1n) is 7.89. The zero-order chi connectivity index (χ0) is 19.6. The van der Waals surface area contributed by atoms with E-state index in [2.05, 4.69) is 66.1 Å². The Morgan fingerprint density at radius 2 is 1.85 bits per heavy atom. The van der Waals surface area contributed by atoms with Crippen LogP contribution in [0, 0.1) is 7.14 Å². The van der Waals surface area contributed by atoms with Gasteiger partial charge >= 0.3 is 0 Å². The molecule has 2 aromatic carbocycles. The van der Waals surface area contributed by atoms with E-state index in [4.69, 9.17) is 4.74 Å². The van der Waals surface area contributed by atoms with Crippen molar-refractivity contribution in [1.82, 2.24) is 4.90 Å². The minimum absolute atomic E-state index is 0.0267. The maximum absolute atomic E-state index is 12.3. The highest BCUT2D eigenvalue weighted by molar-refractivity contribution is 14.1. The van der Waals surface area contributed by atoms with Gasteiger partial charge in [0.1, 0.15) is 12.4 Å². The maximum atomic E-state index is 12.3. The molecule has 1 aliphatic rings. The Bertz CT molecular complexity index is 922. The van der Waals surface area contributed by atoms with Crippen LogP contribution in [0.2, 0.25) is 0 Å². The molecule has 1 heterocycles. The number of thioether (sulfide) groups is 1. The van der Waals surface area contributed by atoms with E-state index in [1.54, 1.807) is 19.0 Å². The summed E-state index contributed by atoms with van der Waals surface area (Å²) in [6.07, 6.45) is 1.91. The number of amides is 1. The van der Waals surface area contributed by atoms with E-state index in [1.807, 2.05) is 42.5 Å². The Hall–Kier alpha value is -0.590. The van der Waals surface area contributed by atoms with Crippen LogP contribution < -0.4 is 4.74 Å². The highest BCUT2D eigenvalue weighted by atomic mass is 127. The van der Waals surface area contributed by atoms with Crippen molar-refractivity contribution in [3.05, 3.63) is 64.0 Å². The summed E-state index contributed by atoms with van der Waals surface area (Å²) in [4.78, 5) is 18.7. The lowest BCUT2D eigenvalue weighted by Crippen LogP contribution is -2.23. The van der Waals surface area contributed by atoms with Gasteiger partial charge in [0.25, 0.3) is 5.91 Å². The highest BCUT2D eigenvalue weighted by Crippen LogP contribution is 2.34. The summed E-state index contributed by atoms with van der Waals surface area (Å²) in [6.45, 7) is 0.509. The summed E-state index contributed by atoms with van der Waals surface area (Å²) in [7, 11) is 3.43. The first-order valence-corrected chi connectivity index (χ1v) is 11.7. The number of rotatable bonds is 4. The van der Waals surface area contributed by atoms with Gasteiger partial charge in [0.15, 0.2) is 5.17 Å². The first kappa shape index (κ1) is 21.1. The first-order chi connectivity index (χ1) is 12.9. The molecule has 0 unspecified atom stereocenters. The summed E-state index contributed by atoms with van der Waals surface area (Å²) in [5.41, 5.74) is 2.08. The van der Waals surface area contributed by atoms with Gasteiger partial charge < -0.3 is 4.74 Å². The Balaban J connectivity index is 1.80. The summed E-state index contributed by atoms with van der Waals surface area (Å²) >= 11 is 9.38. The zero-order valence-corrected chi connectivity index (χ0v) is 21.2. The number of hydrogen-bond donors (Lipinski definition) is 0. The van der Waals surface area contributed by atoms with Crippen LogP contribution in [0.1, 0.15) is 11.1 Å². The molecule has 1 fully saturated rings. The summed E-state index contributed by atoms with van der Waals surface area (Å²) in [6, 6.07) is 12.1. The van der Waals surface area contributed by atoms with Crippen molar-refractivity contribution in [1.29, 1.82) is 0 Å². The normalized spacial score (nSPS) is 17.2. The fourth-order valence-electron chi connectivity index (χ4n) is 2.44. The number of benzene rings is 2. The Labute approximate surface area is 198 Å². The van der Waals surface area contributed by atoms with E-state index < -0.39 is 0 Å². The van der Waals surface area contributed by atoms with Crippen molar-refractivity contribution in [2.24, 2.45) is 4.99 Å². The van der Waals surface area contributed by atoms with Crippen molar-refractivity contribution in [2.75, 3.05) is 14.1 Å². The van der Waals surface area contributed by atoms with E-state index in [0.29, 0.717) is 16.7 Å². The molecule has 0 radical (unpaired) electrons. The lowest BCUT2D eigenvalue weighted by molar-refractivity contribution is -0.121. The molecular formula is C19H15BrI2N2O2S. The van der Waals surface area contributed by atoms with Crippen molar-refractivity contribution < 1.29 is 9.53 Å². The second kappa shape index (κ2) is 9.27. The van der Waals surface area contributed by atoms with Crippen LogP contribution in [0.25, 0.3) is 6.08 Å². The van der Waals surface area contributed by atoms with E-state index in [1.165, 1.54) is 11.8 Å². The fraction of sp³-hybridized carbons (Fsp3) is 0.158.